The van der Waals surface area contributed by atoms with E-state index in [0.717, 1.165) is 18.7 Å². The summed E-state index contributed by atoms with van der Waals surface area (Å²) in [6, 6.07) is 0. The number of carbonyl (C=O) groups is 1. The van der Waals surface area contributed by atoms with Crippen molar-refractivity contribution in [3.63, 3.8) is 0 Å². The Kier molecular flexibility index (Phi) is 17.8. The van der Waals surface area contributed by atoms with Crippen LogP contribution in [-0.2, 0) is 28.5 Å². The summed E-state index contributed by atoms with van der Waals surface area (Å²) in [6.45, 7) is -4.76. The number of thiocarbonyl (C=S) groups is 1. The van der Waals surface area contributed by atoms with Crippen molar-refractivity contribution in [2.45, 2.75) is 111 Å². The molecule has 35 heteroatoms. The summed E-state index contributed by atoms with van der Waals surface area (Å²) in [5, 5.41) is -1.71. The molecule has 0 rings (SSSR count). The van der Waals surface area contributed by atoms with Crippen LogP contribution in [0.1, 0.15) is 26.7 Å². The first-order valence-corrected chi connectivity index (χ1v) is 16.1. The molecule has 0 aliphatic rings. The molecule has 0 saturated carbocycles. The molecular formula is C23H18F26O6S3. The summed E-state index contributed by atoms with van der Waals surface area (Å²) in [5.41, 5.74) is 0. The fourth-order valence-corrected chi connectivity index (χ4v) is 5.59. The van der Waals surface area contributed by atoms with Crippen molar-refractivity contribution in [3.8, 4) is 0 Å². The van der Waals surface area contributed by atoms with Gasteiger partial charge in [-0.2, -0.15) is 114 Å². The predicted molar refractivity (Wildman–Crippen MR) is 143 cm³/mol. The van der Waals surface area contributed by atoms with Crippen LogP contribution in [-0.4, -0.2) is 113 Å². The minimum absolute atomic E-state index is 0.116. The highest BCUT2D eigenvalue weighted by atomic mass is 32.2. The molecule has 0 spiro atoms. The van der Waals surface area contributed by atoms with E-state index < -0.39 is 103 Å². The van der Waals surface area contributed by atoms with E-state index >= 15 is 0 Å². The highest BCUT2D eigenvalue weighted by molar-refractivity contribution is 8.47. The second-order valence-corrected chi connectivity index (χ2v) is 14.2. The van der Waals surface area contributed by atoms with Crippen LogP contribution in [0.2, 0.25) is 0 Å². The highest BCUT2D eigenvalue weighted by Gasteiger charge is 2.88. The van der Waals surface area contributed by atoms with E-state index in [-0.39, 0.29) is 3.53 Å². The Morgan fingerprint density at radius 1 is 0.603 bits per heavy atom. The quantitative estimate of drug-likeness (QED) is 0.0545. The minimum atomic E-state index is -8.87. The molecule has 0 bridgehead atoms. The molecular weight excluding hydrogens is 962 g/mol. The summed E-state index contributed by atoms with van der Waals surface area (Å²) in [5.74, 6) is -34.1. The highest BCUT2D eigenvalue weighted by Crippen LogP contribution is 2.59. The monoisotopic (exact) mass is 980 g/mol. The second-order valence-electron chi connectivity index (χ2n) is 10.5. The molecule has 0 aliphatic carbocycles. The smallest absolute Gasteiger partial charge is 0.458 e. The third kappa shape index (κ3) is 12.9. The van der Waals surface area contributed by atoms with E-state index in [0.29, 0.717) is 30.4 Å². The van der Waals surface area contributed by atoms with Crippen LogP contribution in [0.5, 0.6) is 0 Å². The molecule has 0 radical (unpaired) electrons. The predicted octanol–water partition coefficient (Wildman–Crippen LogP) is 11.1. The number of ether oxygens (including phenoxy) is 5. The van der Waals surface area contributed by atoms with E-state index in [2.05, 4.69) is 9.47 Å². The molecule has 5 atom stereocenters. The largest absolute Gasteiger partial charge is 0.462 e. The van der Waals surface area contributed by atoms with Crippen LogP contribution >= 0.6 is 35.7 Å². The van der Waals surface area contributed by atoms with Crippen molar-refractivity contribution in [3.05, 3.63) is 0 Å². The molecule has 346 valence electrons. The topological polar surface area (TPSA) is 63.2 Å². The zero-order valence-electron chi connectivity index (χ0n) is 27.2. The number of rotatable bonds is 19. The van der Waals surface area contributed by atoms with Crippen molar-refractivity contribution in [1.29, 1.82) is 0 Å². The number of hydrogen-bond acceptors (Lipinski definition) is 9. The number of alkyl halides is 26. The van der Waals surface area contributed by atoms with E-state index in [1.807, 2.05) is 4.74 Å². The Bertz CT molecular complexity index is 1380. The van der Waals surface area contributed by atoms with Gasteiger partial charge < -0.3 is 9.47 Å². The second kappa shape index (κ2) is 18.3. The van der Waals surface area contributed by atoms with Gasteiger partial charge >= 0.3 is 78.7 Å². The first-order valence-electron chi connectivity index (χ1n) is 13.9. The van der Waals surface area contributed by atoms with Crippen LogP contribution in [0.15, 0.2) is 0 Å². The third-order valence-corrected chi connectivity index (χ3v) is 8.73. The minimum Gasteiger partial charge on any atom is -0.462 e. The van der Waals surface area contributed by atoms with Gasteiger partial charge in [-0.25, -0.2) is 0 Å². The lowest BCUT2D eigenvalue weighted by atomic mass is 10.2. The van der Waals surface area contributed by atoms with E-state index in [4.69, 9.17) is 12.2 Å². The molecule has 6 nitrogen and oxygen atoms in total. The van der Waals surface area contributed by atoms with Gasteiger partial charge in [0, 0.05) is 0 Å². The molecule has 5 unspecified atom stereocenters. The van der Waals surface area contributed by atoms with Gasteiger partial charge in [0.25, 0.3) is 0 Å². The standard InChI is InChI=1S/C23H18F26O6S3/c1-3-4-5-57-11(56)58-8(2)10(50)51-6-9(13(26,27)28)53-21(44,45)15(30,19(38,39)40)54-23(48,49)16(31,20(41,42)43)55-22(46,47)14(29,18(35,36)37)52-7-12(24,25)17(32,33)34/h8-9H,3-7H2,1-2H3. The SMILES string of the molecule is CCCCSC(=S)SC(C)C(=O)OCC(OC(F)(F)C(F)(OC(F)(F)C(F)(OC(F)(F)C(F)(OCC(F)(F)C(F)(F)F)C(F)(F)F)C(F)(F)F)C(F)(F)F)C(F)(F)F. The van der Waals surface area contributed by atoms with Crippen molar-refractivity contribution in [1.82, 2.24) is 0 Å². The number of esters is 1. The van der Waals surface area contributed by atoms with Crippen LogP contribution in [0, 0.1) is 0 Å². The Labute approximate surface area is 317 Å². The molecule has 0 aliphatic heterocycles. The van der Waals surface area contributed by atoms with Crippen LogP contribution in [0.25, 0.3) is 0 Å². The van der Waals surface area contributed by atoms with Crippen LogP contribution in [0.3, 0.4) is 0 Å². The van der Waals surface area contributed by atoms with Gasteiger partial charge in [-0.05, 0) is 19.1 Å². The Morgan fingerprint density at radius 2 is 1.00 bits per heavy atom. The van der Waals surface area contributed by atoms with E-state index in [1.165, 1.54) is 9.47 Å². The molecule has 0 aromatic carbocycles. The average Bonchev–Trinajstić information content (AvgIpc) is 2.98. The Morgan fingerprint density at radius 3 is 1.36 bits per heavy atom. The van der Waals surface area contributed by atoms with Gasteiger partial charge in [-0.15, -0.1) is 11.8 Å². The van der Waals surface area contributed by atoms with Gasteiger partial charge in [-0.1, -0.05) is 37.3 Å². The molecule has 0 N–H and O–H groups in total. The summed E-state index contributed by atoms with van der Waals surface area (Å²) in [4.78, 5) is 12.0. The average molecular weight is 981 g/mol. The van der Waals surface area contributed by atoms with E-state index in [1.54, 1.807) is 6.92 Å². The molecule has 0 amide bonds. The first-order chi connectivity index (χ1) is 25.2. The summed E-state index contributed by atoms with van der Waals surface area (Å²) in [7, 11) is 0. The molecule has 0 fully saturated rings. The van der Waals surface area contributed by atoms with Crippen molar-refractivity contribution >= 4 is 45.2 Å². The fraction of sp³-hybridized carbons (Fsp3) is 0.913. The molecule has 0 saturated heterocycles. The zero-order chi connectivity index (χ0) is 46.8. The maximum Gasteiger partial charge on any atom is 0.458 e. The lowest BCUT2D eigenvalue weighted by Gasteiger charge is -2.43. The Balaban J connectivity index is 7.06. The Hall–Kier alpha value is -1.72. The van der Waals surface area contributed by atoms with Crippen LogP contribution < -0.4 is 0 Å². The zero-order valence-corrected chi connectivity index (χ0v) is 29.6. The lowest BCUT2D eigenvalue weighted by Crippen LogP contribution is -2.71. The number of thioether (sulfide) groups is 2. The van der Waals surface area contributed by atoms with Crippen molar-refractivity contribution in [2.24, 2.45) is 0 Å². The fourth-order valence-electron chi connectivity index (χ4n) is 2.90. The van der Waals surface area contributed by atoms with Gasteiger partial charge in [-0.3, -0.25) is 19.0 Å². The van der Waals surface area contributed by atoms with Crippen molar-refractivity contribution in [2.75, 3.05) is 19.0 Å². The maximum atomic E-state index is 14.8. The van der Waals surface area contributed by atoms with Gasteiger partial charge in [0.1, 0.15) is 22.0 Å². The summed E-state index contributed by atoms with van der Waals surface area (Å²) < 4.78 is 363. The molecule has 0 aromatic heterocycles. The van der Waals surface area contributed by atoms with Gasteiger partial charge in [0.2, 0.25) is 0 Å². The van der Waals surface area contributed by atoms with Crippen molar-refractivity contribution < 1.29 is 143 Å². The van der Waals surface area contributed by atoms with E-state index in [9.17, 15) is 119 Å². The van der Waals surface area contributed by atoms with Gasteiger partial charge in [0.05, 0.1) is 0 Å². The maximum absolute atomic E-state index is 14.8. The van der Waals surface area contributed by atoms with Gasteiger partial charge in [0.15, 0.2) is 6.10 Å². The normalized spacial score (nSPS) is 18.8. The first kappa shape index (κ1) is 56.3. The molecule has 0 aromatic rings. The molecule has 58 heavy (non-hydrogen) atoms. The third-order valence-electron chi connectivity index (χ3n) is 5.98. The number of halogens is 26. The number of hydrogen-bond donors (Lipinski definition) is 0. The number of unbranched alkanes of at least 4 members (excludes halogenated alkanes) is 1. The summed E-state index contributed by atoms with van der Waals surface area (Å²) >= 11 is 6.01. The summed E-state index contributed by atoms with van der Waals surface area (Å²) in [6.07, 6.45) is -68.2. The van der Waals surface area contributed by atoms with Crippen LogP contribution in [0.4, 0.5) is 114 Å². The number of carbonyl (C=O) groups excluding carboxylic acids is 1. The lowest BCUT2D eigenvalue weighted by molar-refractivity contribution is -0.579. The molecule has 0 heterocycles.